The molecule has 0 aliphatic carbocycles. The number of amides is 1. The molecule has 0 radical (unpaired) electrons. The van der Waals surface area contributed by atoms with E-state index in [1.54, 1.807) is 16.2 Å². The van der Waals surface area contributed by atoms with Gasteiger partial charge in [0, 0.05) is 18.3 Å². The predicted molar refractivity (Wildman–Crippen MR) is 86.8 cm³/mol. The van der Waals surface area contributed by atoms with Gasteiger partial charge in [0.2, 0.25) is 5.91 Å². The summed E-state index contributed by atoms with van der Waals surface area (Å²) in [4.78, 5) is 15.1. The van der Waals surface area contributed by atoms with Gasteiger partial charge < -0.3 is 9.64 Å². The minimum absolute atomic E-state index is 0.184. The molecular weight excluding hydrogens is 282 g/mol. The van der Waals surface area contributed by atoms with E-state index in [1.165, 1.54) is 4.88 Å². The molecule has 21 heavy (non-hydrogen) atoms. The highest BCUT2D eigenvalue weighted by Gasteiger charge is 2.08. The summed E-state index contributed by atoms with van der Waals surface area (Å²) in [5.41, 5.74) is 0. The number of benzene rings is 1. The SMILES string of the molecule is CN(CCOc1ccccc1)C(=O)CCCc1cccs1. The van der Waals surface area contributed by atoms with Crippen molar-refractivity contribution in [2.45, 2.75) is 19.3 Å². The number of likely N-dealkylation sites (N-methyl/N-ethyl adjacent to an activating group) is 1. The second-order valence-corrected chi connectivity index (χ2v) is 5.94. The maximum atomic E-state index is 12.0. The van der Waals surface area contributed by atoms with E-state index < -0.39 is 0 Å². The Labute approximate surface area is 130 Å². The van der Waals surface area contributed by atoms with Gasteiger partial charge in [0.1, 0.15) is 12.4 Å². The van der Waals surface area contributed by atoms with Gasteiger partial charge in [-0.3, -0.25) is 4.79 Å². The summed E-state index contributed by atoms with van der Waals surface area (Å²) in [6.45, 7) is 1.14. The highest BCUT2D eigenvalue weighted by atomic mass is 32.1. The average Bonchev–Trinajstić information content (AvgIpc) is 3.01. The summed E-state index contributed by atoms with van der Waals surface area (Å²) < 4.78 is 5.60. The van der Waals surface area contributed by atoms with Gasteiger partial charge in [-0.15, -0.1) is 11.3 Å². The molecule has 0 saturated carbocycles. The van der Waals surface area contributed by atoms with Crippen LogP contribution in [0, 0.1) is 0 Å². The van der Waals surface area contributed by atoms with Crippen LogP contribution >= 0.6 is 11.3 Å². The first-order valence-corrected chi connectivity index (χ1v) is 8.08. The predicted octanol–water partition coefficient (Wildman–Crippen LogP) is 3.61. The maximum absolute atomic E-state index is 12.0. The van der Waals surface area contributed by atoms with E-state index in [0.29, 0.717) is 19.6 Å². The first-order valence-electron chi connectivity index (χ1n) is 7.20. The van der Waals surface area contributed by atoms with Crippen LogP contribution in [-0.2, 0) is 11.2 Å². The Hall–Kier alpha value is -1.81. The lowest BCUT2D eigenvalue weighted by Crippen LogP contribution is -2.30. The zero-order chi connectivity index (χ0) is 14.9. The van der Waals surface area contributed by atoms with Crippen LogP contribution in [0.2, 0.25) is 0 Å². The lowest BCUT2D eigenvalue weighted by Gasteiger charge is -2.17. The monoisotopic (exact) mass is 303 g/mol. The highest BCUT2D eigenvalue weighted by molar-refractivity contribution is 7.09. The number of aryl methyl sites for hydroxylation is 1. The fourth-order valence-electron chi connectivity index (χ4n) is 2.00. The van der Waals surface area contributed by atoms with Gasteiger partial charge in [-0.1, -0.05) is 24.3 Å². The third kappa shape index (κ3) is 5.60. The van der Waals surface area contributed by atoms with Gasteiger partial charge in [-0.05, 0) is 36.4 Å². The average molecular weight is 303 g/mol. The van der Waals surface area contributed by atoms with Crippen molar-refractivity contribution in [2.24, 2.45) is 0 Å². The van der Waals surface area contributed by atoms with E-state index in [-0.39, 0.29) is 5.91 Å². The number of rotatable bonds is 8. The maximum Gasteiger partial charge on any atom is 0.222 e. The first kappa shape index (κ1) is 15.6. The fraction of sp³-hybridized carbons (Fsp3) is 0.353. The van der Waals surface area contributed by atoms with Crippen molar-refractivity contribution in [1.82, 2.24) is 4.90 Å². The normalized spacial score (nSPS) is 10.3. The van der Waals surface area contributed by atoms with Gasteiger partial charge >= 0.3 is 0 Å². The first-order chi connectivity index (χ1) is 10.3. The topological polar surface area (TPSA) is 29.5 Å². The molecule has 2 rings (SSSR count). The number of para-hydroxylation sites is 1. The standard InChI is InChI=1S/C17H21NO2S/c1-18(12-13-20-15-7-3-2-4-8-15)17(19)11-5-9-16-10-6-14-21-16/h2-4,6-8,10,14H,5,9,11-13H2,1H3. The molecule has 0 aliphatic heterocycles. The molecule has 112 valence electrons. The Balaban J connectivity index is 1.61. The second kappa shape index (κ2) is 8.47. The molecule has 0 atom stereocenters. The Kier molecular flexibility index (Phi) is 6.28. The van der Waals surface area contributed by atoms with E-state index in [1.807, 2.05) is 37.4 Å². The summed E-state index contributed by atoms with van der Waals surface area (Å²) in [5.74, 6) is 1.03. The molecule has 4 heteroatoms. The van der Waals surface area contributed by atoms with Gasteiger partial charge in [0.15, 0.2) is 0 Å². The molecule has 2 aromatic rings. The van der Waals surface area contributed by atoms with Crippen molar-refractivity contribution in [1.29, 1.82) is 0 Å². The van der Waals surface area contributed by atoms with E-state index in [9.17, 15) is 4.79 Å². The van der Waals surface area contributed by atoms with Crippen molar-refractivity contribution in [2.75, 3.05) is 20.2 Å². The second-order valence-electron chi connectivity index (χ2n) is 4.91. The van der Waals surface area contributed by atoms with Gasteiger partial charge in [-0.2, -0.15) is 0 Å². The van der Waals surface area contributed by atoms with Crippen molar-refractivity contribution < 1.29 is 9.53 Å². The molecule has 0 saturated heterocycles. The number of nitrogens with zero attached hydrogens (tertiary/aromatic N) is 1. The van der Waals surface area contributed by atoms with Crippen LogP contribution in [0.1, 0.15) is 17.7 Å². The minimum Gasteiger partial charge on any atom is -0.492 e. The minimum atomic E-state index is 0.184. The van der Waals surface area contributed by atoms with Crippen LogP contribution in [0.3, 0.4) is 0 Å². The third-order valence-corrected chi connectivity index (χ3v) is 4.19. The van der Waals surface area contributed by atoms with Crippen molar-refractivity contribution in [3.05, 3.63) is 52.7 Å². The quantitative estimate of drug-likeness (QED) is 0.745. The van der Waals surface area contributed by atoms with Crippen molar-refractivity contribution in [3.63, 3.8) is 0 Å². The van der Waals surface area contributed by atoms with E-state index >= 15 is 0 Å². The molecule has 1 aromatic heterocycles. The van der Waals surface area contributed by atoms with Gasteiger partial charge in [0.25, 0.3) is 0 Å². The van der Waals surface area contributed by atoms with Crippen LogP contribution in [0.4, 0.5) is 0 Å². The van der Waals surface area contributed by atoms with Crippen LogP contribution in [0.25, 0.3) is 0 Å². The molecule has 0 fully saturated rings. The molecule has 0 unspecified atom stereocenters. The zero-order valence-corrected chi connectivity index (χ0v) is 13.1. The van der Waals surface area contributed by atoms with E-state index in [2.05, 4.69) is 17.5 Å². The number of carbonyl (C=O) groups excluding carboxylic acids is 1. The summed E-state index contributed by atoms with van der Waals surface area (Å²) in [5, 5.41) is 2.07. The molecule has 1 aromatic carbocycles. The number of ether oxygens (including phenoxy) is 1. The van der Waals surface area contributed by atoms with Crippen LogP contribution in [-0.4, -0.2) is 31.0 Å². The van der Waals surface area contributed by atoms with Gasteiger partial charge in [0.05, 0.1) is 6.54 Å². The summed E-state index contributed by atoms with van der Waals surface area (Å²) >= 11 is 1.75. The Morgan fingerprint density at radius 2 is 2.00 bits per heavy atom. The molecule has 0 aliphatic rings. The summed E-state index contributed by atoms with van der Waals surface area (Å²) in [6, 6.07) is 13.8. The number of carbonyl (C=O) groups is 1. The van der Waals surface area contributed by atoms with Crippen LogP contribution < -0.4 is 4.74 Å². The van der Waals surface area contributed by atoms with Crippen LogP contribution in [0.5, 0.6) is 5.75 Å². The Morgan fingerprint density at radius 1 is 1.19 bits per heavy atom. The largest absolute Gasteiger partial charge is 0.492 e. The highest BCUT2D eigenvalue weighted by Crippen LogP contribution is 2.12. The Morgan fingerprint density at radius 3 is 2.71 bits per heavy atom. The number of hydrogen-bond donors (Lipinski definition) is 0. The molecule has 0 spiro atoms. The molecule has 0 bridgehead atoms. The lowest BCUT2D eigenvalue weighted by atomic mass is 10.2. The van der Waals surface area contributed by atoms with E-state index in [0.717, 1.165) is 18.6 Å². The van der Waals surface area contributed by atoms with Crippen LogP contribution in [0.15, 0.2) is 47.8 Å². The lowest BCUT2D eigenvalue weighted by molar-refractivity contribution is -0.130. The zero-order valence-electron chi connectivity index (χ0n) is 12.3. The Bertz CT molecular complexity index is 525. The molecule has 1 heterocycles. The third-order valence-electron chi connectivity index (χ3n) is 3.26. The smallest absolute Gasteiger partial charge is 0.222 e. The summed E-state index contributed by atoms with van der Waals surface area (Å²) in [6.07, 6.45) is 2.49. The molecule has 0 N–H and O–H groups in total. The molecule has 1 amide bonds. The van der Waals surface area contributed by atoms with Gasteiger partial charge in [-0.25, -0.2) is 0 Å². The number of hydrogen-bond acceptors (Lipinski definition) is 3. The molecular formula is C17H21NO2S. The number of thiophene rings is 1. The van der Waals surface area contributed by atoms with E-state index in [4.69, 9.17) is 4.74 Å². The van der Waals surface area contributed by atoms with Crippen molar-refractivity contribution in [3.8, 4) is 5.75 Å². The fourth-order valence-corrected chi connectivity index (χ4v) is 2.75. The summed E-state index contributed by atoms with van der Waals surface area (Å²) in [7, 11) is 1.84. The molecule has 3 nitrogen and oxygen atoms in total. The van der Waals surface area contributed by atoms with Crippen molar-refractivity contribution >= 4 is 17.2 Å².